The Morgan fingerprint density at radius 1 is 1.15 bits per heavy atom. The third-order valence-corrected chi connectivity index (χ3v) is 4.68. The third-order valence-electron chi connectivity index (χ3n) is 4.30. The fourth-order valence-electron chi connectivity index (χ4n) is 2.94. The lowest BCUT2D eigenvalue weighted by Gasteiger charge is -2.22. The minimum absolute atomic E-state index is 0.0567. The predicted octanol–water partition coefficient (Wildman–Crippen LogP) is 3.27. The molecule has 134 valence electrons. The molecule has 0 fully saturated rings. The van der Waals surface area contributed by atoms with Gasteiger partial charge in [0.2, 0.25) is 0 Å². The number of benzene rings is 2. The van der Waals surface area contributed by atoms with Crippen LogP contribution in [0.15, 0.2) is 47.3 Å². The van der Waals surface area contributed by atoms with Gasteiger partial charge in [0.15, 0.2) is 0 Å². The van der Waals surface area contributed by atoms with Crippen molar-refractivity contribution in [2.75, 3.05) is 11.4 Å². The van der Waals surface area contributed by atoms with Gasteiger partial charge in [0, 0.05) is 19.3 Å². The number of para-hydroxylation sites is 1. The summed E-state index contributed by atoms with van der Waals surface area (Å²) in [7, 11) is 1.48. The number of carbonyl (C=O) groups excluding carboxylic acids is 1. The normalized spacial score (nSPS) is 10.9. The molecule has 2 N–H and O–H groups in total. The lowest BCUT2D eigenvalue weighted by molar-refractivity contribution is 0.0984. The highest BCUT2D eigenvalue weighted by Crippen LogP contribution is 2.38. The van der Waals surface area contributed by atoms with Crippen LogP contribution >= 0.6 is 11.6 Å². The van der Waals surface area contributed by atoms with E-state index in [1.54, 1.807) is 31.2 Å². The number of hydrogen-bond acceptors (Lipinski definition) is 4. The number of hydrogen-bond donors (Lipinski definition) is 2. The number of aromatic hydroxyl groups is 2. The van der Waals surface area contributed by atoms with Gasteiger partial charge in [-0.25, -0.2) is 0 Å². The molecule has 0 aliphatic carbocycles. The van der Waals surface area contributed by atoms with E-state index >= 15 is 0 Å². The minimum Gasteiger partial charge on any atom is -0.506 e. The molecule has 0 spiro atoms. The third kappa shape index (κ3) is 2.68. The maximum Gasteiger partial charge on any atom is 0.267 e. The Labute approximate surface area is 154 Å². The second-order valence-corrected chi connectivity index (χ2v) is 6.14. The summed E-state index contributed by atoms with van der Waals surface area (Å²) in [5, 5.41) is 20.4. The first-order chi connectivity index (χ1) is 12.4. The van der Waals surface area contributed by atoms with E-state index in [-0.39, 0.29) is 16.2 Å². The molecule has 26 heavy (non-hydrogen) atoms. The zero-order valence-corrected chi connectivity index (χ0v) is 15.0. The van der Waals surface area contributed by atoms with E-state index < -0.39 is 22.8 Å². The molecule has 0 saturated heterocycles. The molecule has 3 aromatic rings. The largest absolute Gasteiger partial charge is 0.506 e. The molecule has 0 radical (unpaired) electrons. The highest BCUT2D eigenvalue weighted by molar-refractivity contribution is 6.37. The van der Waals surface area contributed by atoms with Crippen LogP contribution in [0.25, 0.3) is 10.9 Å². The first-order valence-corrected chi connectivity index (χ1v) is 8.36. The lowest BCUT2D eigenvalue weighted by Crippen LogP contribution is -2.36. The number of fused-ring (bicyclic) bond motifs is 1. The number of nitrogens with zero attached hydrogens (tertiary/aromatic N) is 2. The molecule has 0 atom stereocenters. The van der Waals surface area contributed by atoms with E-state index in [2.05, 4.69) is 0 Å². The van der Waals surface area contributed by atoms with Crippen molar-refractivity contribution in [2.45, 2.75) is 6.92 Å². The molecule has 0 aliphatic heterocycles. The van der Waals surface area contributed by atoms with Crippen LogP contribution in [0.3, 0.4) is 0 Å². The number of phenols is 1. The van der Waals surface area contributed by atoms with Crippen molar-refractivity contribution in [3.63, 3.8) is 0 Å². The Morgan fingerprint density at radius 2 is 1.81 bits per heavy atom. The number of carbonyl (C=O) groups is 1. The zero-order valence-electron chi connectivity index (χ0n) is 14.2. The van der Waals surface area contributed by atoms with Gasteiger partial charge in [-0.05, 0) is 31.2 Å². The fraction of sp³-hybridized carbons (Fsp3) is 0.158. The summed E-state index contributed by atoms with van der Waals surface area (Å²) in [6.07, 6.45) is 0. The van der Waals surface area contributed by atoms with Gasteiger partial charge in [-0.1, -0.05) is 29.8 Å². The molecular weight excluding hydrogens is 356 g/mol. The highest BCUT2D eigenvalue weighted by Gasteiger charge is 2.27. The topological polar surface area (TPSA) is 82.8 Å². The van der Waals surface area contributed by atoms with Crippen molar-refractivity contribution in [3.05, 3.63) is 63.4 Å². The second-order valence-electron chi connectivity index (χ2n) is 5.77. The average molecular weight is 373 g/mol. The van der Waals surface area contributed by atoms with Gasteiger partial charge in [0.1, 0.15) is 17.1 Å². The van der Waals surface area contributed by atoms with Crippen molar-refractivity contribution in [1.82, 2.24) is 4.57 Å². The number of halogens is 1. The molecule has 0 bridgehead atoms. The molecule has 0 aliphatic rings. The van der Waals surface area contributed by atoms with Crippen LogP contribution in [-0.4, -0.2) is 27.2 Å². The van der Waals surface area contributed by atoms with Crippen LogP contribution in [0.2, 0.25) is 5.02 Å². The maximum absolute atomic E-state index is 13.1. The zero-order chi connectivity index (χ0) is 19.0. The van der Waals surface area contributed by atoms with Crippen LogP contribution in [-0.2, 0) is 7.05 Å². The number of phenolic OH excluding ortho intramolecular Hbond substituents is 1. The van der Waals surface area contributed by atoms with Crippen LogP contribution in [0.4, 0.5) is 5.69 Å². The Hall–Kier alpha value is -2.99. The molecule has 1 amide bonds. The van der Waals surface area contributed by atoms with Crippen LogP contribution < -0.4 is 10.5 Å². The first-order valence-electron chi connectivity index (χ1n) is 7.98. The smallest absolute Gasteiger partial charge is 0.267 e. The van der Waals surface area contributed by atoms with Gasteiger partial charge >= 0.3 is 0 Å². The Morgan fingerprint density at radius 3 is 2.42 bits per heavy atom. The monoisotopic (exact) mass is 372 g/mol. The number of aromatic nitrogens is 1. The molecule has 1 heterocycles. The van der Waals surface area contributed by atoms with Gasteiger partial charge in [-0.3, -0.25) is 9.59 Å². The summed E-state index contributed by atoms with van der Waals surface area (Å²) in [5.74, 6) is -1.43. The van der Waals surface area contributed by atoms with Crippen LogP contribution in [0.1, 0.15) is 17.3 Å². The summed E-state index contributed by atoms with van der Waals surface area (Å²) >= 11 is 6.11. The van der Waals surface area contributed by atoms with Gasteiger partial charge in [-0.15, -0.1) is 0 Å². The highest BCUT2D eigenvalue weighted by atomic mass is 35.5. The van der Waals surface area contributed by atoms with Crippen molar-refractivity contribution in [3.8, 4) is 11.5 Å². The van der Waals surface area contributed by atoms with E-state index in [1.165, 1.54) is 28.6 Å². The van der Waals surface area contributed by atoms with Crippen LogP contribution in [0, 0.1) is 0 Å². The van der Waals surface area contributed by atoms with Gasteiger partial charge in [-0.2, -0.15) is 0 Å². The fourth-order valence-corrected chi connectivity index (χ4v) is 3.19. The number of amides is 1. The molecule has 0 unspecified atom stereocenters. The summed E-state index contributed by atoms with van der Waals surface area (Å²) in [6, 6.07) is 11.6. The molecule has 3 rings (SSSR count). The van der Waals surface area contributed by atoms with E-state index in [9.17, 15) is 19.8 Å². The molecular formula is C19H17ClN2O4. The van der Waals surface area contributed by atoms with Crippen molar-refractivity contribution >= 4 is 34.1 Å². The van der Waals surface area contributed by atoms with Crippen molar-refractivity contribution < 1.29 is 15.0 Å². The Balaban J connectivity index is 2.29. The van der Waals surface area contributed by atoms with E-state index in [0.717, 1.165) is 0 Å². The standard InChI is InChI=1S/C19H17ClN2O4/c1-3-22(11-7-5-4-6-8-11)19(26)15-17(24)14-12(21(2)18(15)25)9-10-13(23)16(14)20/h4-10,23-24H,3H2,1-2H3. The van der Waals surface area contributed by atoms with E-state index in [1.807, 2.05) is 6.07 Å². The summed E-state index contributed by atoms with van der Waals surface area (Å²) < 4.78 is 1.23. The number of anilines is 1. The van der Waals surface area contributed by atoms with Gasteiger partial charge in [0.25, 0.3) is 11.5 Å². The quantitative estimate of drug-likeness (QED) is 0.739. The summed E-state index contributed by atoms with van der Waals surface area (Å²) in [6.45, 7) is 2.07. The van der Waals surface area contributed by atoms with Gasteiger partial charge in [0.05, 0.1) is 15.9 Å². The molecule has 1 aromatic heterocycles. The maximum atomic E-state index is 13.1. The average Bonchev–Trinajstić information content (AvgIpc) is 2.63. The van der Waals surface area contributed by atoms with Crippen LogP contribution in [0.5, 0.6) is 11.5 Å². The molecule has 6 nitrogen and oxygen atoms in total. The number of pyridine rings is 1. The van der Waals surface area contributed by atoms with E-state index in [0.29, 0.717) is 17.7 Å². The molecule has 0 saturated carbocycles. The summed E-state index contributed by atoms with van der Waals surface area (Å²) in [5.41, 5.74) is -0.118. The number of rotatable bonds is 3. The van der Waals surface area contributed by atoms with Gasteiger partial charge < -0.3 is 19.7 Å². The van der Waals surface area contributed by atoms with Crippen molar-refractivity contribution in [1.29, 1.82) is 0 Å². The minimum atomic E-state index is -0.642. The SMILES string of the molecule is CCN(C(=O)c1c(O)c2c(Cl)c(O)ccc2n(C)c1=O)c1ccccc1. The predicted molar refractivity (Wildman–Crippen MR) is 101 cm³/mol. The first kappa shape index (κ1) is 17.8. The number of aryl methyl sites for hydroxylation is 1. The second kappa shape index (κ2) is 6.72. The Kier molecular flexibility index (Phi) is 4.61. The molecule has 2 aromatic carbocycles. The lowest BCUT2D eigenvalue weighted by atomic mass is 10.1. The van der Waals surface area contributed by atoms with E-state index in [4.69, 9.17) is 11.6 Å². The van der Waals surface area contributed by atoms with Crippen molar-refractivity contribution in [2.24, 2.45) is 7.05 Å². The Bertz CT molecular complexity index is 1060. The summed E-state index contributed by atoms with van der Waals surface area (Å²) in [4.78, 5) is 27.2. The molecule has 7 heteroatoms.